The van der Waals surface area contributed by atoms with Crippen molar-refractivity contribution in [3.05, 3.63) is 65.3 Å². The predicted octanol–water partition coefficient (Wildman–Crippen LogP) is 2.72. The van der Waals surface area contributed by atoms with Gasteiger partial charge in [-0.05, 0) is 19.4 Å². The lowest BCUT2D eigenvalue weighted by molar-refractivity contribution is -0.115. The maximum atomic E-state index is 12.3. The van der Waals surface area contributed by atoms with Crippen molar-refractivity contribution in [3.63, 3.8) is 0 Å². The van der Waals surface area contributed by atoms with Crippen molar-refractivity contribution in [2.75, 3.05) is 5.32 Å². The minimum absolute atomic E-state index is 0.139. The summed E-state index contributed by atoms with van der Waals surface area (Å²) in [4.78, 5) is 16.5. The first-order chi connectivity index (χ1) is 11.1. The average molecular weight is 310 g/mol. The Morgan fingerprint density at radius 1 is 1.26 bits per heavy atom. The monoisotopic (exact) mass is 310 g/mol. The largest absolute Gasteiger partial charge is 0.361 e. The maximum Gasteiger partial charge on any atom is 0.231 e. The summed E-state index contributed by atoms with van der Waals surface area (Å²) < 4.78 is 6.99. The molecule has 0 radical (unpaired) electrons. The highest BCUT2D eigenvalue weighted by atomic mass is 16.5. The number of hydrogen-bond donors (Lipinski definition) is 1. The summed E-state index contributed by atoms with van der Waals surface area (Å²) in [6.07, 6.45) is 3.74. The molecule has 23 heavy (non-hydrogen) atoms. The van der Waals surface area contributed by atoms with Crippen LogP contribution in [0.1, 0.15) is 22.6 Å². The van der Waals surface area contributed by atoms with Gasteiger partial charge in [-0.3, -0.25) is 10.1 Å². The molecule has 1 N–H and O–H groups in total. The van der Waals surface area contributed by atoms with E-state index in [2.05, 4.69) is 15.5 Å². The van der Waals surface area contributed by atoms with Gasteiger partial charge in [-0.1, -0.05) is 35.5 Å². The standard InChI is InChI=1S/C17H18N4O2/c1-12-15(13(2)23-20-12)10-16(22)19-17-18-8-9-21(17)11-14-6-4-3-5-7-14/h3-9H,10-11H2,1-2H3,(H,18,19,22). The van der Waals surface area contributed by atoms with Crippen molar-refractivity contribution in [2.24, 2.45) is 0 Å². The van der Waals surface area contributed by atoms with E-state index in [1.807, 2.05) is 48.0 Å². The number of benzene rings is 1. The molecule has 3 aromatic rings. The van der Waals surface area contributed by atoms with Crippen LogP contribution in [-0.2, 0) is 17.8 Å². The number of nitrogens with zero attached hydrogens (tertiary/aromatic N) is 3. The van der Waals surface area contributed by atoms with Crippen LogP contribution in [0.4, 0.5) is 5.95 Å². The Balaban J connectivity index is 1.69. The maximum absolute atomic E-state index is 12.3. The topological polar surface area (TPSA) is 73.0 Å². The fourth-order valence-corrected chi connectivity index (χ4v) is 2.42. The van der Waals surface area contributed by atoms with Crippen LogP contribution in [-0.4, -0.2) is 20.6 Å². The molecule has 6 heteroatoms. The van der Waals surface area contributed by atoms with Crippen LogP contribution in [0.15, 0.2) is 47.2 Å². The number of aromatic nitrogens is 3. The molecule has 6 nitrogen and oxygen atoms in total. The van der Waals surface area contributed by atoms with Crippen LogP contribution in [0.2, 0.25) is 0 Å². The summed E-state index contributed by atoms with van der Waals surface area (Å²) in [5, 5.41) is 6.71. The van der Waals surface area contributed by atoms with E-state index in [9.17, 15) is 4.79 Å². The molecule has 0 spiro atoms. The van der Waals surface area contributed by atoms with Crippen LogP contribution in [0.5, 0.6) is 0 Å². The SMILES string of the molecule is Cc1noc(C)c1CC(=O)Nc1nccn1Cc1ccccc1. The van der Waals surface area contributed by atoms with E-state index in [4.69, 9.17) is 4.52 Å². The molecule has 0 unspecified atom stereocenters. The molecule has 0 aliphatic heterocycles. The Morgan fingerprint density at radius 3 is 2.74 bits per heavy atom. The summed E-state index contributed by atoms with van der Waals surface area (Å²) in [5.74, 6) is 1.07. The fourth-order valence-electron chi connectivity index (χ4n) is 2.42. The summed E-state index contributed by atoms with van der Waals surface area (Å²) in [5.41, 5.74) is 2.71. The predicted molar refractivity (Wildman–Crippen MR) is 86.1 cm³/mol. The molecule has 1 amide bonds. The van der Waals surface area contributed by atoms with Crippen molar-refractivity contribution in [2.45, 2.75) is 26.8 Å². The number of nitrogens with one attached hydrogen (secondary N) is 1. The number of amides is 1. The summed E-state index contributed by atoms with van der Waals surface area (Å²) in [6, 6.07) is 10.0. The summed E-state index contributed by atoms with van der Waals surface area (Å²) in [7, 11) is 0. The molecule has 0 atom stereocenters. The zero-order valence-corrected chi connectivity index (χ0v) is 13.1. The van der Waals surface area contributed by atoms with Gasteiger partial charge >= 0.3 is 0 Å². The lowest BCUT2D eigenvalue weighted by Gasteiger charge is -2.09. The molecule has 0 saturated carbocycles. The van der Waals surface area contributed by atoms with Crippen molar-refractivity contribution in [1.82, 2.24) is 14.7 Å². The second-order valence-corrected chi connectivity index (χ2v) is 5.39. The molecule has 2 heterocycles. The Hall–Kier alpha value is -2.89. The fraction of sp³-hybridized carbons (Fsp3) is 0.235. The Morgan fingerprint density at radius 2 is 2.04 bits per heavy atom. The number of imidazole rings is 1. The minimum atomic E-state index is -0.139. The number of carbonyl (C=O) groups excluding carboxylic acids is 1. The van der Waals surface area contributed by atoms with Gasteiger partial charge < -0.3 is 9.09 Å². The van der Waals surface area contributed by atoms with Crippen molar-refractivity contribution in [1.29, 1.82) is 0 Å². The lowest BCUT2D eigenvalue weighted by atomic mass is 10.1. The molecule has 2 aromatic heterocycles. The molecule has 0 aliphatic rings. The minimum Gasteiger partial charge on any atom is -0.361 e. The third-order valence-corrected chi connectivity index (χ3v) is 3.68. The van der Waals surface area contributed by atoms with Gasteiger partial charge in [0.2, 0.25) is 11.9 Å². The second kappa shape index (κ2) is 6.48. The van der Waals surface area contributed by atoms with Gasteiger partial charge in [-0.15, -0.1) is 0 Å². The molecule has 3 rings (SSSR count). The smallest absolute Gasteiger partial charge is 0.231 e. The number of aryl methyl sites for hydroxylation is 2. The first kappa shape index (κ1) is 15.0. The number of anilines is 1. The van der Waals surface area contributed by atoms with E-state index >= 15 is 0 Å². The van der Waals surface area contributed by atoms with E-state index in [1.54, 1.807) is 13.1 Å². The highest BCUT2D eigenvalue weighted by Crippen LogP contribution is 2.14. The Labute approximate surface area is 134 Å². The first-order valence-corrected chi connectivity index (χ1v) is 7.40. The Kier molecular flexibility index (Phi) is 4.23. The van der Waals surface area contributed by atoms with Crippen LogP contribution in [0.25, 0.3) is 0 Å². The van der Waals surface area contributed by atoms with E-state index in [0.29, 0.717) is 18.3 Å². The van der Waals surface area contributed by atoms with Gasteiger partial charge in [0.1, 0.15) is 5.76 Å². The van der Waals surface area contributed by atoms with Gasteiger partial charge in [0.05, 0.1) is 18.7 Å². The highest BCUT2D eigenvalue weighted by Gasteiger charge is 2.15. The van der Waals surface area contributed by atoms with Crippen LogP contribution in [0.3, 0.4) is 0 Å². The molecular formula is C17H18N4O2. The van der Waals surface area contributed by atoms with E-state index in [1.165, 1.54) is 0 Å². The van der Waals surface area contributed by atoms with Crippen LogP contribution >= 0.6 is 0 Å². The highest BCUT2D eigenvalue weighted by molar-refractivity contribution is 5.91. The van der Waals surface area contributed by atoms with Gasteiger partial charge in [-0.2, -0.15) is 0 Å². The summed E-state index contributed by atoms with van der Waals surface area (Å²) >= 11 is 0. The summed E-state index contributed by atoms with van der Waals surface area (Å²) in [6.45, 7) is 4.29. The van der Waals surface area contributed by atoms with E-state index in [-0.39, 0.29) is 12.3 Å². The molecular weight excluding hydrogens is 292 g/mol. The van der Waals surface area contributed by atoms with E-state index < -0.39 is 0 Å². The lowest BCUT2D eigenvalue weighted by Crippen LogP contribution is -2.18. The molecule has 0 saturated heterocycles. The van der Waals surface area contributed by atoms with Gasteiger partial charge in [0.25, 0.3) is 0 Å². The van der Waals surface area contributed by atoms with E-state index in [0.717, 1.165) is 16.8 Å². The molecule has 0 aliphatic carbocycles. The van der Waals surface area contributed by atoms with Crippen molar-refractivity contribution >= 4 is 11.9 Å². The van der Waals surface area contributed by atoms with Gasteiger partial charge in [0, 0.05) is 18.0 Å². The molecule has 1 aromatic carbocycles. The van der Waals surface area contributed by atoms with Crippen LogP contribution in [0, 0.1) is 13.8 Å². The molecule has 118 valence electrons. The van der Waals surface area contributed by atoms with Crippen molar-refractivity contribution < 1.29 is 9.32 Å². The second-order valence-electron chi connectivity index (χ2n) is 5.39. The molecule has 0 fully saturated rings. The normalized spacial score (nSPS) is 10.7. The average Bonchev–Trinajstić information content (AvgIpc) is 3.10. The van der Waals surface area contributed by atoms with Gasteiger partial charge in [-0.25, -0.2) is 4.98 Å². The number of carbonyl (C=O) groups is 1. The van der Waals surface area contributed by atoms with Crippen LogP contribution < -0.4 is 5.32 Å². The third kappa shape index (κ3) is 3.48. The Bertz CT molecular complexity index is 786. The van der Waals surface area contributed by atoms with Crippen molar-refractivity contribution in [3.8, 4) is 0 Å². The number of hydrogen-bond acceptors (Lipinski definition) is 4. The molecule has 0 bridgehead atoms. The zero-order valence-electron chi connectivity index (χ0n) is 13.1. The number of rotatable bonds is 5. The third-order valence-electron chi connectivity index (χ3n) is 3.68. The first-order valence-electron chi connectivity index (χ1n) is 7.40. The quantitative estimate of drug-likeness (QED) is 0.786. The zero-order chi connectivity index (χ0) is 16.2. The van der Waals surface area contributed by atoms with Gasteiger partial charge in [0.15, 0.2) is 0 Å².